The van der Waals surface area contributed by atoms with Gasteiger partial charge in [0.25, 0.3) is 0 Å². The molecule has 5 heteroatoms. The van der Waals surface area contributed by atoms with Crippen molar-refractivity contribution in [2.75, 3.05) is 0 Å². The monoisotopic (exact) mass is 562 g/mol. The van der Waals surface area contributed by atoms with E-state index in [2.05, 4.69) is 135 Å². The number of thioether (sulfide) groups is 1. The maximum Gasteiger partial charge on any atom is 0.250 e. The van der Waals surface area contributed by atoms with Crippen LogP contribution in [0, 0.1) is 6.92 Å². The largest absolute Gasteiger partial charge is 0.544 e. The van der Waals surface area contributed by atoms with E-state index in [9.17, 15) is 5.11 Å². The summed E-state index contributed by atoms with van der Waals surface area (Å²) in [6.45, 7) is 25.2. The van der Waals surface area contributed by atoms with Crippen molar-refractivity contribution in [1.82, 2.24) is 0 Å². The average Bonchev–Trinajstić information content (AvgIpc) is 2.80. The fourth-order valence-corrected chi connectivity index (χ4v) is 10.4. The summed E-state index contributed by atoms with van der Waals surface area (Å²) in [5.74, 6) is 1.79. The van der Waals surface area contributed by atoms with Crippen LogP contribution < -0.4 is 14.8 Å². The molecule has 0 bridgehead atoms. The third-order valence-corrected chi connectivity index (χ3v) is 17.7. The van der Waals surface area contributed by atoms with E-state index in [-0.39, 0.29) is 9.79 Å². The van der Waals surface area contributed by atoms with Gasteiger partial charge in [0.2, 0.25) is 8.32 Å². The van der Waals surface area contributed by atoms with Crippen LogP contribution in [0.15, 0.2) is 60.7 Å². The highest BCUT2D eigenvalue weighted by atomic mass is 32.2. The molecule has 0 amide bonds. The topological polar surface area (TPSA) is 29.5 Å². The van der Waals surface area contributed by atoms with Crippen LogP contribution in [0.4, 0.5) is 0 Å². The van der Waals surface area contributed by atoms with E-state index >= 15 is 0 Å². The van der Waals surface area contributed by atoms with Crippen LogP contribution in [-0.2, 0) is 11.4 Å². The zero-order valence-electron chi connectivity index (χ0n) is 25.2. The second-order valence-corrected chi connectivity index (χ2v) is 24.9. The lowest BCUT2D eigenvalue weighted by atomic mass is 9.78. The van der Waals surface area contributed by atoms with Crippen molar-refractivity contribution in [3.63, 3.8) is 0 Å². The van der Waals surface area contributed by atoms with Crippen molar-refractivity contribution >= 4 is 38.5 Å². The first kappa shape index (κ1) is 29.2. The molecule has 0 aliphatic carbocycles. The van der Waals surface area contributed by atoms with Gasteiger partial charge in [0.05, 0.1) is 0 Å². The summed E-state index contributed by atoms with van der Waals surface area (Å²) in [6, 6.07) is 21.7. The molecule has 38 heavy (non-hydrogen) atoms. The number of aryl methyl sites for hydroxylation is 1. The van der Waals surface area contributed by atoms with Crippen LogP contribution >= 0.6 is 11.8 Å². The summed E-state index contributed by atoms with van der Waals surface area (Å²) >= 11 is 1.92. The molecule has 204 valence electrons. The summed E-state index contributed by atoms with van der Waals surface area (Å²) in [4.78, 5) is 0. The van der Waals surface area contributed by atoms with E-state index in [1.54, 1.807) is 0 Å². The van der Waals surface area contributed by atoms with E-state index in [1.165, 1.54) is 21.5 Å². The predicted molar refractivity (Wildman–Crippen MR) is 172 cm³/mol. The molecule has 1 atom stereocenters. The van der Waals surface area contributed by atoms with E-state index in [1.807, 2.05) is 11.8 Å². The molecule has 1 aliphatic heterocycles. The molecule has 2 nitrogen and oxygen atoms in total. The van der Waals surface area contributed by atoms with Crippen molar-refractivity contribution in [3.8, 4) is 5.75 Å². The molecule has 1 N–H and O–H groups in total. The fraction of sp³-hybridized carbons (Fsp3) is 0.455. The third kappa shape index (κ3) is 5.19. The first-order valence-corrected chi connectivity index (χ1v) is 20.7. The molecule has 0 aromatic heterocycles. The SMILES string of the molecule is Cc1ccc2c(c1)[Si](C)(C)c1cc(O[Si](C)(C)C(C)(C)C)ccc1C2(O)c1ccccc1CSC(C)(C)C. The minimum Gasteiger partial charge on any atom is -0.544 e. The Kier molecular flexibility index (Phi) is 7.44. The van der Waals surface area contributed by atoms with Gasteiger partial charge in [-0.1, -0.05) is 109 Å². The Labute approximate surface area is 237 Å². The van der Waals surface area contributed by atoms with E-state index < -0.39 is 22.0 Å². The van der Waals surface area contributed by atoms with Gasteiger partial charge in [-0.15, -0.1) is 0 Å². The highest BCUT2D eigenvalue weighted by Gasteiger charge is 2.49. The normalized spacial score (nSPS) is 19.1. The molecule has 3 aromatic rings. The lowest BCUT2D eigenvalue weighted by molar-refractivity contribution is 0.126. The number of rotatable bonds is 5. The van der Waals surface area contributed by atoms with Crippen LogP contribution in [0.5, 0.6) is 5.75 Å². The summed E-state index contributed by atoms with van der Waals surface area (Å²) in [6.07, 6.45) is 0. The lowest BCUT2D eigenvalue weighted by Gasteiger charge is -2.45. The number of fused-ring (bicyclic) bond motifs is 2. The van der Waals surface area contributed by atoms with Crippen LogP contribution in [0.1, 0.15) is 69.4 Å². The van der Waals surface area contributed by atoms with Crippen molar-refractivity contribution in [3.05, 3.63) is 88.5 Å². The quantitative estimate of drug-likeness (QED) is 0.321. The molecule has 0 saturated carbocycles. The van der Waals surface area contributed by atoms with Crippen LogP contribution in [0.3, 0.4) is 0 Å². The van der Waals surface area contributed by atoms with Gasteiger partial charge in [-0.2, -0.15) is 11.8 Å². The van der Waals surface area contributed by atoms with Crippen molar-refractivity contribution < 1.29 is 9.53 Å². The average molecular weight is 563 g/mol. The fourth-order valence-electron chi connectivity index (χ4n) is 5.23. The summed E-state index contributed by atoms with van der Waals surface area (Å²) < 4.78 is 6.93. The van der Waals surface area contributed by atoms with E-state index in [4.69, 9.17) is 4.43 Å². The van der Waals surface area contributed by atoms with Gasteiger partial charge in [-0.05, 0) is 69.8 Å². The number of hydrogen-bond acceptors (Lipinski definition) is 3. The molecule has 1 heterocycles. The summed E-state index contributed by atoms with van der Waals surface area (Å²) in [5, 5.41) is 15.7. The Morgan fingerprint density at radius 1 is 0.842 bits per heavy atom. The first-order chi connectivity index (χ1) is 17.4. The number of aliphatic hydroxyl groups is 1. The Morgan fingerprint density at radius 2 is 1.42 bits per heavy atom. The number of benzene rings is 3. The van der Waals surface area contributed by atoms with Gasteiger partial charge in [-0.25, -0.2) is 0 Å². The highest BCUT2D eigenvalue weighted by molar-refractivity contribution is 7.99. The van der Waals surface area contributed by atoms with Gasteiger partial charge < -0.3 is 9.53 Å². The minimum absolute atomic E-state index is 0.115. The maximum atomic E-state index is 13.0. The Bertz CT molecular complexity index is 1350. The molecule has 0 radical (unpaired) electrons. The molecular weight excluding hydrogens is 517 g/mol. The molecule has 0 spiro atoms. The smallest absolute Gasteiger partial charge is 0.250 e. The molecule has 0 saturated heterocycles. The van der Waals surface area contributed by atoms with Gasteiger partial charge in [0, 0.05) is 10.5 Å². The molecule has 0 fully saturated rings. The van der Waals surface area contributed by atoms with E-state index in [0.29, 0.717) is 0 Å². The Morgan fingerprint density at radius 3 is 2.03 bits per heavy atom. The van der Waals surface area contributed by atoms with Crippen LogP contribution in [-0.4, -0.2) is 26.2 Å². The Hall–Kier alpha value is -1.80. The van der Waals surface area contributed by atoms with Crippen LogP contribution in [0.25, 0.3) is 0 Å². The zero-order valence-corrected chi connectivity index (χ0v) is 28.1. The van der Waals surface area contributed by atoms with Gasteiger partial charge >= 0.3 is 0 Å². The van der Waals surface area contributed by atoms with Crippen molar-refractivity contribution in [1.29, 1.82) is 0 Å². The second kappa shape index (κ2) is 9.69. The molecular formula is C33H46O2SSi2. The molecule has 1 aliphatic rings. The minimum atomic E-state index is -2.13. The van der Waals surface area contributed by atoms with Gasteiger partial charge in [-0.3, -0.25) is 0 Å². The molecule has 1 unspecified atom stereocenters. The standard InChI is InChI=1S/C33H46O2SSi2/c1-23-16-18-27-29(20-23)37(8,9)30-21-25(35-38(10,11)32(5,6)7)17-19-28(30)33(27,34)26-15-13-12-14-24(26)22-36-31(2,3)4/h12-21,34H,22H2,1-11H3. The molecule has 3 aromatic carbocycles. The van der Waals surface area contributed by atoms with Crippen molar-refractivity contribution in [2.24, 2.45) is 0 Å². The van der Waals surface area contributed by atoms with Crippen molar-refractivity contribution in [2.45, 2.75) is 95.8 Å². The van der Waals surface area contributed by atoms with Gasteiger partial charge in [0.15, 0.2) is 0 Å². The number of hydrogen-bond donors (Lipinski definition) is 1. The summed E-state index contributed by atoms with van der Waals surface area (Å²) in [5.41, 5.74) is 4.26. The Balaban J connectivity index is 1.97. The van der Waals surface area contributed by atoms with Crippen LogP contribution in [0.2, 0.25) is 31.2 Å². The maximum absolute atomic E-state index is 13.0. The second-order valence-electron chi connectivity index (χ2n) is 14.0. The first-order valence-electron chi connectivity index (χ1n) is 13.8. The lowest BCUT2D eigenvalue weighted by Crippen LogP contribution is -2.63. The van der Waals surface area contributed by atoms with Gasteiger partial charge in [0.1, 0.15) is 19.4 Å². The van der Waals surface area contributed by atoms with E-state index in [0.717, 1.165) is 28.2 Å². The molecule has 4 rings (SSSR count). The third-order valence-electron chi connectivity index (χ3n) is 8.54. The highest BCUT2D eigenvalue weighted by Crippen LogP contribution is 2.44. The predicted octanol–water partition coefficient (Wildman–Crippen LogP) is 7.83. The zero-order chi connectivity index (χ0) is 28.3. The summed E-state index contributed by atoms with van der Waals surface area (Å²) in [7, 11) is -4.14.